The molecule has 0 radical (unpaired) electrons. The second-order valence-electron chi connectivity index (χ2n) is 8.88. The van der Waals surface area contributed by atoms with Crippen LogP contribution in [-0.2, 0) is 4.74 Å². The van der Waals surface area contributed by atoms with Gasteiger partial charge in [-0.15, -0.1) is 0 Å². The molecule has 1 saturated heterocycles. The molecule has 0 amide bonds. The van der Waals surface area contributed by atoms with E-state index in [1.807, 2.05) is 36.5 Å². The summed E-state index contributed by atoms with van der Waals surface area (Å²) in [6.45, 7) is 5.35. The maximum Gasteiger partial charge on any atom is 0.174 e. The average molecular weight is 497 g/mol. The molecule has 0 bridgehead atoms. The van der Waals surface area contributed by atoms with Gasteiger partial charge in [0.05, 0.1) is 29.4 Å². The molecule has 0 unspecified atom stereocenters. The highest BCUT2D eigenvalue weighted by molar-refractivity contribution is 7.80. The van der Waals surface area contributed by atoms with E-state index in [0.29, 0.717) is 35.1 Å². The fraction of sp³-hybridized carbons (Fsp3) is 0.385. The molecule has 3 heterocycles. The zero-order chi connectivity index (χ0) is 23.8. The van der Waals surface area contributed by atoms with Gasteiger partial charge >= 0.3 is 0 Å². The minimum Gasteiger partial charge on any atom is -0.490 e. The van der Waals surface area contributed by atoms with Crippen LogP contribution in [0.5, 0.6) is 5.75 Å². The first-order valence-electron chi connectivity index (χ1n) is 11.6. The first kappa shape index (κ1) is 23.1. The summed E-state index contributed by atoms with van der Waals surface area (Å²) < 4.78 is 13.3. The number of rotatable bonds is 8. The Bertz CT molecular complexity index is 1200. The molecule has 2 aromatic heterocycles. The van der Waals surface area contributed by atoms with Crippen molar-refractivity contribution in [1.29, 1.82) is 0 Å². The van der Waals surface area contributed by atoms with Gasteiger partial charge in [0.2, 0.25) is 0 Å². The third-order valence-corrected chi connectivity index (χ3v) is 7.20. The third-order valence-electron chi connectivity index (χ3n) is 6.59. The Balaban J connectivity index is 1.56. The van der Waals surface area contributed by atoms with Crippen LogP contribution < -0.4 is 15.0 Å². The van der Waals surface area contributed by atoms with Gasteiger partial charge in [-0.05, 0) is 80.9 Å². The van der Waals surface area contributed by atoms with Crippen molar-refractivity contribution < 1.29 is 9.47 Å². The Morgan fingerprint density at radius 2 is 1.97 bits per heavy atom. The molecule has 1 aliphatic heterocycles. The number of aryl methyl sites for hydroxylation is 1. The first-order chi connectivity index (χ1) is 16.5. The zero-order valence-electron chi connectivity index (χ0n) is 19.6. The minimum atomic E-state index is -0.0849. The fourth-order valence-corrected chi connectivity index (χ4v) is 5.51. The molecule has 8 heteroatoms. The predicted octanol–water partition coefficient (Wildman–Crippen LogP) is 5.69. The summed E-state index contributed by atoms with van der Waals surface area (Å²) in [6.07, 6.45) is 4.31. The highest BCUT2D eigenvalue weighted by Gasteiger charge is 2.43. The highest BCUT2D eigenvalue weighted by atomic mass is 35.5. The van der Waals surface area contributed by atoms with Gasteiger partial charge in [0.15, 0.2) is 5.11 Å². The molecule has 1 saturated carbocycles. The first-order valence-corrected chi connectivity index (χ1v) is 12.4. The predicted molar refractivity (Wildman–Crippen MR) is 139 cm³/mol. The summed E-state index contributed by atoms with van der Waals surface area (Å²) in [5, 5.41) is 4.73. The average Bonchev–Trinajstić information content (AvgIpc) is 3.54. The smallest absolute Gasteiger partial charge is 0.174 e. The lowest BCUT2D eigenvalue weighted by atomic mass is 9.96. The summed E-state index contributed by atoms with van der Waals surface area (Å²) in [5.41, 5.74) is 5.70. The number of aromatic nitrogens is 2. The number of thiocarbonyl (C=S) groups is 1. The maximum atomic E-state index is 6.62. The Kier molecular flexibility index (Phi) is 6.51. The monoisotopic (exact) mass is 496 g/mol. The minimum absolute atomic E-state index is 0.0579. The Labute approximate surface area is 210 Å². The van der Waals surface area contributed by atoms with Gasteiger partial charge in [-0.3, -0.25) is 4.98 Å². The maximum absolute atomic E-state index is 6.62. The van der Waals surface area contributed by atoms with Gasteiger partial charge in [-0.1, -0.05) is 17.7 Å². The summed E-state index contributed by atoms with van der Waals surface area (Å²) in [4.78, 5) is 6.83. The van der Waals surface area contributed by atoms with E-state index in [1.54, 1.807) is 7.11 Å². The van der Waals surface area contributed by atoms with E-state index in [2.05, 4.69) is 45.7 Å². The molecule has 34 heavy (non-hydrogen) atoms. The van der Waals surface area contributed by atoms with Crippen LogP contribution in [0.2, 0.25) is 5.02 Å². The van der Waals surface area contributed by atoms with Gasteiger partial charge in [-0.2, -0.15) is 0 Å². The number of anilines is 1. The van der Waals surface area contributed by atoms with Crippen LogP contribution in [0.1, 0.15) is 53.6 Å². The molecule has 1 aliphatic carbocycles. The summed E-state index contributed by atoms with van der Waals surface area (Å²) in [5.74, 6) is 0.630. The molecule has 5 rings (SSSR count). The van der Waals surface area contributed by atoms with Crippen LogP contribution in [0.25, 0.3) is 0 Å². The molecule has 2 aliphatic rings. The molecule has 1 aromatic carbocycles. The SMILES string of the molecule is COCCOc1ccc(N2C(=S)N[C@@H](c3ccccn3)[C@@H]2c2cc(C)n(C3CC3)c2C)cc1Cl. The molecule has 2 atom stereocenters. The lowest BCUT2D eigenvalue weighted by molar-refractivity contribution is 0.146. The van der Waals surface area contributed by atoms with E-state index in [1.165, 1.54) is 29.8 Å². The molecular weight excluding hydrogens is 468 g/mol. The summed E-state index contributed by atoms with van der Waals surface area (Å²) in [6, 6.07) is 14.6. The number of methoxy groups -OCH3 is 1. The van der Waals surface area contributed by atoms with E-state index >= 15 is 0 Å². The normalized spacial score (nSPS) is 20.0. The van der Waals surface area contributed by atoms with Gasteiger partial charge < -0.3 is 24.3 Å². The van der Waals surface area contributed by atoms with Crippen molar-refractivity contribution in [3.05, 3.63) is 76.3 Å². The lowest BCUT2D eigenvalue weighted by Gasteiger charge is -2.28. The van der Waals surface area contributed by atoms with Crippen molar-refractivity contribution in [2.45, 2.75) is 44.8 Å². The molecule has 1 N–H and O–H groups in total. The highest BCUT2D eigenvalue weighted by Crippen LogP contribution is 2.46. The van der Waals surface area contributed by atoms with E-state index in [9.17, 15) is 0 Å². The standard InChI is InChI=1S/C26H29ClN4O2S/c1-16-14-20(17(2)30(16)18-7-8-18)25-24(22-6-4-5-11-28-22)29-26(34)31(25)19-9-10-23(21(27)15-19)33-13-12-32-3/h4-6,9-11,14-15,18,24-25H,7-8,12-13H2,1-3H3,(H,29,34)/t24-,25-/m0/s1. The van der Waals surface area contributed by atoms with Crippen LogP contribution in [0.15, 0.2) is 48.7 Å². The summed E-state index contributed by atoms with van der Waals surface area (Å²) >= 11 is 12.5. The number of nitrogens with one attached hydrogen (secondary N) is 1. The second kappa shape index (κ2) is 9.56. The van der Waals surface area contributed by atoms with E-state index in [0.717, 1.165) is 11.4 Å². The van der Waals surface area contributed by atoms with Gasteiger partial charge in [0.25, 0.3) is 0 Å². The van der Waals surface area contributed by atoms with Crippen LogP contribution in [0, 0.1) is 13.8 Å². The van der Waals surface area contributed by atoms with Gasteiger partial charge in [0, 0.05) is 36.4 Å². The number of pyridine rings is 1. The van der Waals surface area contributed by atoms with Crippen LogP contribution in [-0.4, -0.2) is 35.0 Å². The van der Waals surface area contributed by atoms with Crippen molar-refractivity contribution in [2.75, 3.05) is 25.2 Å². The number of nitrogens with zero attached hydrogens (tertiary/aromatic N) is 3. The number of hydrogen-bond donors (Lipinski definition) is 1. The summed E-state index contributed by atoms with van der Waals surface area (Å²) in [7, 11) is 1.65. The molecule has 2 fully saturated rings. The molecule has 3 aromatic rings. The Morgan fingerprint density at radius 1 is 1.15 bits per heavy atom. The second-order valence-corrected chi connectivity index (χ2v) is 9.67. The molecule has 178 valence electrons. The van der Waals surface area contributed by atoms with Crippen molar-refractivity contribution in [2.24, 2.45) is 0 Å². The largest absolute Gasteiger partial charge is 0.490 e. The Hall–Kier alpha value is -2.61. The number of hydrogen-bond acceptors (Lipinski definition) is 4. The van der Waals surface area contributed by atoms with Crippen LogP contribution in [0.3, 0.4) is 0 Å². The third kappa shape index (κ3) is 4.28. The van der Waals surface area contributed by atoms with Crippen molar-refractivity contribution >= 4 is 34.6 Å². The van der Waals surface area contributed by atoms with Gasteiger partial charge in [0.1, 0.15) is 12.4 Å². The fourth-order valence-electron chi connectivity index (χ4n) is 4.94. The number of benzene rings is 1. The van der Waals surface area contributed by atoms with Crippen LogP contribution >= 0.6 is 23.8 Å². The molecule has 6 nitrogen and oxygen atoms in total. The van der Waals surface area contributed by atoms with Crippen molar-refractivity contribution in [3.8, 4) is 5.75 Å². The molecule has 0 spiro atoms. The topological polar surface area (TPSA) is 51.6 Å². The van der Waals surface area contributed by atoms with E-state index in [4.69, 9.17) is 33.3 Å². The molecular formula is C26H29ClN4O2S. The van der Waals surface area contributed by atoms with Gasteiger partial charge in [-0.25, -0.2) is 0 Å². The zero-order valence-corrected chi connectivity index (χ0v) is 21.2. The Morgan fingerprint density at radius 3 is 2.65 bits per heavy atom. The van der Waals surface area contributed by atoms with Crippen molar-refractivity contribution in [1.82, 2.24) is 14.9 Å². The number of halogens is 1. The van der Waals surface area contributed by atoms with E-state index in [-0.39, 0.29) is 12.1 Å². The van der Waals surface area contributed by atoms with E-state index < -0.39 is 0 Å². The quantitative estimate of drug-likeness (QED) is 0.319. The lowest BCUT2D eigenvalue weighted by Crippen LogP contribution is -2.29. The van der Waals surface area contributed by atoms with Crippen molar-refractivity contribution in [3.63, 3.8) is 0 Å². The van der Waals surface area contributed by atoms with Crippen LogP contribution in [0.4, 0.5) is 5.69 Å². The number of ether oxygens (including phenoxy) is 2.